The number of pyridine rings is 1. The van der Waals surface area contributed by atoms with Crippen molar-refractivity contribution >= 4 is 16.7 Å². The Kier molecular flexibility index (Phi) is 5.24. The van der Waals surface area contributed by atoms with Crippen LogP contribution in [0.2, 0.25) is 0 Å². The summed E-state index contributed by atoms with van der Waals surface area (Å²) >= 11 is 0. The Morgan fingerprint density at radius 1 is 1.06 bits per heavy atom. The molecule has 3 aromatic rings. The molecule has 1 aliphatic rings. The Balaban J connectivity index is 1.79. The third kappa shape index (κ3) is 3.62. The van der Waals surface area contributed by atoms with Gasteiger partial charge in [0.05, 0.1) is 30.2 Å². The largest absolute Gasteiger partial charge is 0.419 e. The van der Waals surface area contributed by atoms with Crippen LogP contribution in [0.5, 0.6) is 0 Å². The van der Waals surface area contributed by atoms with Gasteiger partial charge in [0.1, 0.15) is 5.82 Å². The maximum absolute atomic E-state index is 14.0. The number of aromatic amines is 1. The second-order valence-corrected chi connectivity index (χ2v) is 7.30. The molecule has 2 aromatic carbocycles. The minimum absolute atomic E-state index is 0.0626. The Morgan fingerprint density at radius 3 is 2.34 bits per heavy atom. The maximum Gasteiger partial charge on any atom is 0.419 e. The van der Waals surface area contributed by atoms with Crippen LogP contribution >= 0.6 is 0 Å². The van der Waals surface area contributed by atoms with E-state index in [9.17, 15) is 35.9 Å². The van der Waals surface area contributed by atoms with Crippen LogP contribution in [0.15, 0.2) is 35.1 Å². The van der Waals surface area contributed by atoms with E-state index in [1.807, 2.05) is 0 Å². The number of likely N-dealkylation sites (N-methyl/N-ethyl adjacent to an activating group) is 1. The second-order valence-electron chi connectivity index (χ2n) is 7.30. The van der Waals surface area contributed by atoms with Crippen LogP contribution in [0.1, 0.15) is 33.2 Å². The van der Waals surface area contributed by atoms with E-state index in [0.717, 1.165) is 23.1 Å². The highest BCUT2D eigenvalue weighted by Crippen LogP contribution is 2.35. The average Bonchev–Trinajstić information content (AvgIpc) is 2.72. The Bertz CT molecular complexity index is 1300. The number of nitrogens with one attached hydrogen (secondary N) is 1. The lowest BCUT2D eigenvalue weighted by Gasteiger charge is -2.34. The molecule has 5 nitrogen and oxygen atoms in total. The summed E-state index contributed by atoms with van der Waals surface area (Å²) in [5.74, 6) is -4.86. The molecule has 1 aliphatic heterocycles. The fourth-order valence-corrected chi connectivity index (χ4v) is 3.77. The van der Waals surface area contributed by atoms with Crippen molar-refractivity contribution in [3.8, 4) is 0 Å². The summed E-state index contributed by atoms with van der Waals surface area (Å²) in [6, 6.07) is 2.45. The zero-order valence-corrected chi connectivity index (χ0v) is 16.3. The molecule has 0 bridgehead atoms. The van der Waals surface area contributed by atoms with Crippen molar-refractivity contribution in [2.24, 2.45) is 0 Å². The number of carbonyl (C=O) groups excluding carboxylic acids is 1. The number of nitrogens with zero attached hydrogens (tertiary/aromatic N) is 1. The number of rotatable bonds is 2. The van der Waals surface area contributed by atoms with Crippen molar-refractivity contribution in [3.63, 3.8) is 0 Å². The average molecular weight is 456 g/mol. The number of alkyl halides is 3. The molecule has 4 rings (SSSR count). The lowest BCUT2D eigenvalue weighted by molar-refractivity contribution is -0.140. The van der Waals surface area contributed by atoms with Crippen LogP contribution in [0, 0.1) is 17.5 Å². The van der Waals surface area contributed by atoms with Crippen LogP contribution < -0.4 is 5.56 Å². The topological polar surface area (TPSA) is 62.4 Å². The fourth-order valence-electron chi connectivity index (χ4n) is 3.77. The molecule has 168 valence electrons. The van der Waals surface area contributed by atoms with Crippen molar-refractivity contribution in [2.45, 2.75) is 18.8 Å². The number of carbonyl (C=O) groups is 1. The third-order valence-corrected chi connectivity index (χ3v) is 5.35. The second kappa shape index (κ2) is 7.66. The van der Waals surface area contributed by atoms with Gasteiger partial charge in [0.15, 0.2) is 11.6 Å². The summed E-state index contributed by atoms with van der Waals surface area (Å²) in [5.41, 5.74) is -2.00. The highest BCUT2D eigenvalue weighted by atomic mass is 19.4. The minimum atomic E-state index is -4.92. The van der Waals surface area contributed by atoms with Crippen molar-refractivity contribution in [3.05, 3.63) is 80.5 Å². The molecule has 1 aromatic heterocycles. The van der Waals surface area contributed by atoms with E-state index in [0.29, 0.717) is 17.7 Å². The zero-order chi connectivity index (χ0) is 23.4. The van der Waals surface area contributed by atoms with Gasteiger partial charge in [0.2, 0.25) is 0 Å². The third-order valence-electron chi connectivity index (χ3n) is 5.35. The van der Waals surface area contributed by atoms with E-state index in [1.165, 1.54) is 7.05 Å². The molecule has 0 saturated carbocycles. The molecular weight excluding hydrogens is 442 g/mol. The molecule has 2 heterocycles. The van der Waals surface area contributed by atoms with Crippen molar-refractivity contribution in [2.75, 3.05) is 13.7 Å². The first kappa shape index (κ1) is 21.9. The molecule has 0 aliphatic carbocycles. The van der Waals surface area contributed by atoms with Gasteiger partial charge in [-0.15, -0.1) is 0 Å². The lowest BCUT2D eigenvalue weighted by atomic mass is 9.95. The van der Waals surface area contributed by atoms with Crippen LogP contribution in [0.25, 0.3) is 10.8 Å². The van der Waals surface area contributed by atoms with E-state index in [-0.39, 0.29) is 35.2 Å². The fraction of sp³-hybridized carbons (Fsp3) is 0.238. The summed E-state index contributed by atoms with van der Waals surface area (Å²) < 4.78 is 85.4. The molecule has 1 amide bonds. The summed E-state index contributed by atoms with van der Waals surface area (Å²) in [4.78, 5) is 28.8. The number of amides is 1. The molecule has 0 unspecified atom stereocenters. The molecule has 1 atom stereocenters. The van der Waals surface area contributed by atoms with Gasteiger partial charge in [0, 0.05) is 23.9 Å². The first-order valence-electron chi connectivity index (χ1n) is 9.24. The van der Waals surface area contributed by atoms with Gasteiger partial charge in [0.25, 0.3) is 11.5 Å². The number of halogens is 6. The highest BCUT2D eigenvalue weighted by molar-refractivity contribution is 5.95. The monoisotopic (exact) mass is 456 g/mol. The van der Waals surface area contributed by atoms with Crippen LogP contribution in [0.4, 0.5) is 26.3 Å². The number of ether oxygens (including phenoxy) is 1. The van der Waals surface area contributed by atoms with E-state index in [1.54, 1.807) is 0 Å². The molecule has 32 heavy (non-hydrogen) atoms. The first-order chi connectivity index (χ1) is 15.0. The van der Waals surface area contributed by atoms with Crippen LogP contribution in [0.3, 0.4) is 0 Å². The van der Waals surface area contributed by atoms with Crippen molar-refractivity contribution < 1.29 is 35.9 Å². The predicted octanol–water partition coefficient (Wildman–Crippen LogP) is 4.31. The van der Waals surface area contributed by atoms with Crippen LogP contribution in [-0.2, 0) is 17.5 Å². The lowest BCUT2D eigenvalue weighted by Crippen LogP contribution is -2.37. The molecule has 0 fully saturated rings. The number of aromatic nitrogens is 1. The number of hydrogen-bond donors (Lipinski definition) is 1. The molecule has 0 spiro atoms. The Labute approximate surface area is 176 Å². The highest BCUT2D eigenvalue weighted by Gasteiger charge is 2.35. The SMILES string of the molecule is CN(C(=O)c1ccc(C(F)(F)F)c(F)c1)[C@H]1COCc2[nH]c(=O)c3cc(F)c(F)cc3c21. The van der Waals surface area contributed by atoms with Gasteiger partial charge in [-0.25, -0.2) is 13.2 Å². The van der Waals surface area contributed by atoms with Crippen LogP contribution in [-0.4, -0.2) is 29.4 Å². The number of benzene rings is 2. The zero-order valence-electron chi connectivity index (χ0n) is 16.3. The minimum Gasteiger partial charge on any atom is -0.373 e. The molecule has 0 saturated heterocycles. The van der Waals surface area contributed by atoms with Gasteiger partial charge < -0.3 is 14.6 Å². The van der Waals surface area contributed by atoms with E-state index in [4.69, 9.17) is 4.74 Å². The summed E-state index contributed by atoms with van der Waals surface area (Å²) in [6.07, 6.45) is -4.92. The normalized spacial score (nSPS) is 16.2. The van der Waals surface area contributed by atoms with Gasteiger partial charge in [-0.3, -0.25) is 9.59 Å². The van der Waals surface area contributed by atoms with Crippen molar-refractivity contribution in [1.29, 1.82) is 0 Å². The Morgan fingerprint density at radius 2 is 1.72 bits per heavy atom. The molecular formula is C21H14F6N2O3. The molecule has 0 radical (unpaired) electrons. The van der Waals surface area contributed by atoms with Gasteiger partial charge in [-0.2, -0.15) is 13.2 Å². The van der Waals surface area contributed by atoms with Gasteiger partial charge in [-0.1, -0.05) is 0 Å². The standard InChI is InChI=1S/C21H14F6N2O3/c1-29(20(31)9-2-3-12(13(22)4-9)21(25,26)27)17-8-32-7-16-18(17)10-5-14(23)15(24)6-11(10)19(30)28-16/h2-6,17H,7-8H2,1H3,(H,28,30)/t17-/m0/s1. The summed E-state index contributed by atoms with van der Waals surface area (Å²) in [6.45, 7) is -0.161. The van der Waals surface area contributed by atoms with E-state index >= 15 is 0 Å². The molecule has 11 heteroatoms. The van der Waals surface area contributed by atoms with E-state index < -0.39 is 46.7 Å². The number of fused-ring (bicyclic) bond motifs is 3. The smallest absolute Gasteiger partial charge is 0.373 e. The maximum atomic E-state index is 14.0. The summed E-state index contributed by atoms with van der Waals surface area (Å²) in [7, 11) is 1.30. The summed E-state index contributed by atoms with van der Waals surface area (Å²) in [5, 5.41) is -0.0785. The van der Waals surface area contributed by atoms with E-state index in [2.05, 4.69) is 4.98 Å². The first-order valence-corrected chi connectivity index (χ1v) is 9.24. The molecule has 1 N–H and O–H groups in total. The van der Waals surface area contributed by atoms with Gasteiger partial charge in [-0.05, 0) is 35.7 Å². The number of H-pyrrole nitrogens is 1. The van der Waals surface area contributed by atoms with Gasteiger partial charge >= 0.3 is 6.18 Å². The Hall–Kier alpha value is -3.34. The quantitative estimate of drug-likeness (QED) is 0.585. The predicted molar refractivity (Wildman–Crippen MR) is 100 cm³/mol. The number of hydrogen-bond acceptors (Lipinski definition) is 3. The van der Waals surface area contributed by atoms with Crippen molar-refractivity contribution in [1.82, 2.24) is 9.88 Å².